The highest BCUT2D eigenvalue weighted by molar-refractivity contribution is 7.89. The lowest BCUT2D eigenvalue weighted by molar-refractivity contribution is 0.0205. The fraction of sp³-hybridized carbons (Fsp3) is 0.611. The molecule has 0 aliphatic heterocycles. The molecule has 0 fully saturated rings. The first kappa shape index (κ1) is 22.4. The van der Waals surface area contributed by atoms with Crippen LogP contribution >= 0.6 is 0 Å². The van der Waals surface area contributed by atoms with Crippen LogP contribution in [0.2, 0.25) is 0 Å². The fourth-order valence-corrected chi connectivity index (χ4v) is 3.22. The normalized spacial score (nSPS) is 14.1. The zero-order valence-electron chi connectivity index (χ0n) is 16.4. The van der Waals surface area contributed by atoms with Gasteiger partial charge in [-0.3, -0.25) is 4.99 Å². The van der Waals surface area contributed by atoms with Crippen molar-refractivity contribution in [3.05, 3.63) is 35.9 Å². The summed E-state index contributed by atoms with van der Waals surface area (Å²) < 4.78 is 32.3. The number of aliphatic imine (C=N–C) groups is 1. The monoisotopic (exact) mass is 384 g/mol. The molecule has 8 heteroatoms. The number of guanidine groups is 1. The van der Waals surface area contributed by atoms with Gasteiger partial charge in [-0.2, -0.15) is 0 Å². The number of benzene rings is 1. The zero-order chi connectivity index (χ0) is 19.6. The fourth-order valence-electron chi connectivity index (χ4n) is 2.32. The lowest BCUT2D eigenvalue weighted by atomic mass is 9.89. The summed E-state index contributed by atoms with van der Waals surface area (Å²) in [4.78, 5) is 4.11. The van der Waals surface area contributed by atoms with Gasteiger partial charge in [0.05, 0.1) is 11.9 Å². The third kappa shape index (κ3) is 8.64. The maximum Gasteiger partial charge on any atom is 0.213 e. The Morgan fingerprint density at radius 2 is 1.85 bits per heavy atom. The van der Waals surface area contributed by atoms with Crippen LogP contribution in [0.4, 0.5) is 0 Å². The second-order valence-corrected chi connectivity index (χ2v) is 9.02. The van der Waals surface area contributed by atoms with Gasteiger partial charge in [0.25, 0.3) is 0 Å². The molecule has 1 atom stereocenters. The summed E-state index contributed by atoms with van der Waals surface area (Å²) in [6, 6.07) is 9.42. The van der Waals surface area contributed by atoms with Crippen LogP contribution in [0.25, 0.3) is 0 Å². The first-order valence-electron chi connectivity index (χ1n) is 8.66. The topological polar surface area (TPSA) is 91.8 Å². The summed E-state index contributed by atoms with van der Waals surface area (Å²) in [6.07, 6.45) is 0.0114. The molecule has 0 radical (unpaired) electrons. The van der Waals surface area contributed by atoms with Crippen molar-refractivity contribution in [2.24, 2.45) is 10.4 Å². The lowest BCUT2D eigenvalue weighted by Gasteiger charge is -2.30. The first-order chi connectivity index (χ1) is 12.2. The highest BCUT2D eigenvalue weighted by Crippen LogP contribution is 2.20. The number of methoxy groups -OCH3 is 1. The molecule has 0 aromatic heterocycles. The van der Waals surface area contributed by atoms with Crippen molar-refractivity contribution < 1.29 is 13.2 Å². The molecule has 0 amide bonds. The molecule has 148 valence electrons. The molecule has 1 rings (SSSR count). The highest BCUT2D eigenvalue weighted by Gasteiger charge is 2.24. The lowest BCUT2D eigenvalue weighted by Crippen LogP contribution is -2.46. The second-order valence-electron chi connectivity index (χ2n) is 7.10. The van der Waals surface area contributed by atoms with Gasteiger partial charge in [-0.05, 0) is 11.0 Å². The Morgan fingerprint density at radius 1 is 1.19 bits per heavy atom. The Morgan fingerprint density at radius 3 is 2.38 bits per heavy atom. The number of nitrogens with zero attached hydrogens (tertiary/aromatic N) is 1. The van der Waals surface area contributed by atoms with E-state index in [9.17, 15) is 8.42 Å². The number of nitrogens with one attached hydrogen (secondary N) is 3. The van der Waals surface area contributed by atoms with E-state index in [1.165, 1.54) is 0 Å². The van der Waals surface area contributed by atoms with Crippen molar-refractivity contribution in [1.82, 2.24) is 15.4 Å². The van der Waals surface area contributed by atoms with Gasteiger partial charge >= 0.3 is 0 Å². The van der Waals surface area contributed by atoms with Gasteiger partial charge in [-0.25, -0.2) is 13.1 Å². The van der Waals surface area contributed by atoms with Crippen molar-refractivity contribution in [3.63, 3.8) is 0 Å². The zero-order valence-corrected chi connectivity index (χ0v) is 17.2. The molecule has 0 spiro atoms. The molecule has 1 unspecified atom stereocenters. The van der Waals surface area contributed by atoms with E-state index < -0.39 is 10.0 Å². The average molecular weight is 385 g/mol. The van der Waals surface area contributed by atoms with Gasteiger partial charge in [0.2, 0.25) is 10.0 Å². The molecule has 26 heavy (non-hydrogen) atoms. The van der Waals surface area contributed by atoms with E-state index in [2.05, 4.69) is 41.1 Å². The minimum Gasteiger partial charge on any atom is -0.379 e. The number of ether oxygens (including phenoxy) is 1. The predicted molar refractivity (Wildman–Crippen MR) is 107 cm³/mol. The van der Waals surface area contributed by atoms with Gasteiger partial charge in [0, 0.05) is 33.8 Å². The van der Waals surface area contributed by atoms with E-state index in [1.54, 1.807) is 14.2 Å². The van der Waals surface area contributed by atoms with Gasteiger partial charge < -0.3 is 15.4 Å². The van der Waals surface area contributed by atoms with Gasteiger partial charge in [0.15, 0.2) is 5.96 Å². The molecule has 0 heterocycles. The number of sulfonamides is 1. The smallest absolute Gasteiger partial charge is 0.213 e. The Kier molecular flexibility index (Phi) is 9.04. The van der Waals surface area contributed by atoms with Crippen molar-refractivity contribution >= 4 is 16.0 Å². The van der Waals surface area contributed by atoms with Gasteiger partial charge in [-0.1, -0.05) is 51.1 Å². The molecular weight excluding hydrogens is 352 g/mol. The van der Waals surface area contributed by atoms with Crippen LogP contribution in [0.5, 0.6) is 0 Å². The van der Waals surface area contributed by atoms with Crippen LogP contribution < -0.4 is 15.4 Å². The Balaban J connectivity index is 2.39. The minimum absolute atomic E-state index is 0.00863. The van der Waals surface area contributed by atoms with E-state index in [4.69, 9.17) is 4.74 Å². The Hall–Kier alpha value is -1.64. The van der Waals surface area contributed by atoms with Gasteiger partial charge in [-0.15, -0.1) is 0 Å². The van der Waals surface area contributed by atoms with E-state index in [1.807, 2.05) is 30.3 Å². The average Bonchev–Trinajstić information content (AvgIpc) is 2.58. The molecule has 7 nitrogen and oxygen atoms in total. The van der Waals surface area contributed by atoms with Crippen LogP contribution in [-0.2, 0) is 21.3 Å². The maximum atomic E-state index is 12.1. The summed E-state index contributed by atoms with van der Waals surface area (Å²) >= 11 is 0. The van der Waals surface area contributed by atoms with Crippen LogP contribution in [0.1, 0.15) is 26.3 Å². The van der Waals surface area contributed by atoms with Crippen molar-refractivity contribution in [1.29, 1.82) is 0 Å². The second kappa shape index (κ2) is 10.5. The molecule has 3 N–H and O–H groups in total. The standard InChI is InChI=1S/C18H32N4O3S/c1-18(2,3)16(25-5)14-21-17(19-4)20-11-12-26(23,24)22-13-15-9-7-6-8-10-15/h6-10,16,22H,11-14H2,1-5H3,(H2,19,20,21). The molecule has 0 aliphatic rings. The van der Waals surface area contributed by atoms with Crippen LogP contribution in [0.15, 0.2) is 35.3 Å². The van der Waals surface area contributed by atoms with E-state index >= 15 is 0 Å². The van der Waals surface area contributed by atoms with Crippen molar-refractivity contribution in [2.45, 2.75) is 33.4 Å². The Bertz CT molecular complexity index is 655. The summed E-state index contributed by atoms with van der Waals surface area (Å²) in [6.45, 7) is 7.44. The summed E-state index contributed by atoms with van der Waals surface area (Å²) in [5.41, 5.74) is 0.917. The number of rotatable bonds is 9. The molecule has 1 aromatic carbocycles. The minimum atomic E-state index is -3.36. The van der Waals surface area contributed by atoms with E-state index in [0.29, 0.717) is 12.5 Å². The highest BCUT2D eigenvalue weighted by atomic mass is 32.2. The van der Waals surface area contributed by atoms with Crippen LogP contribution in [0.3, 0.4) is 0 Å². The SMILES string of the molecule is CN=C(NCCS(=O)(=O)NCc1ccccc1)NCC(OC)C(C)(C)C. The quantitative estimate of drug-likeness (QED) is 0.441. The maximum absolute atomic E-state index is 12.1. The summed E-state index contributed by atoms with van der Waals surface area (Å²) in [7, 11) is -0.0343. The third-order valence-electron chi connectivity index (χ3n) is 3.93. The van der Waals surface area contributed by atoms with Gasteiger partial charge in [0.1, 0.15) is 0 Å². The third-order valence-corrected chi connectivity index (χ3v) is 5.26. The van der Waals surface area contributed by atoms with E-state index in [-0.39, 0.29) is 30.4 Å². The van der Waals surface area contributed by atoms with E-state index in [0.717, 1.165) is 5.56 Å². The molecule has 0 saturated heterocycles. The molecular formula is C18H32N4O3S. The number of hydrogen-bond donors (Lipinski definition) is 3. The Labute approximate surface area is 157 Å². The summed E-state index contributed by atoms with van der Waals surface area (Å²) in [5.74, 6) is 0.516. The molecule has 1 aromatic rings. The predicted octanol–water partition coefficient (Wildman–Crippen LogP) is 1.33. The molecule has 0 bridgehead atoms. The van der Waals surface area contributed by atoms with Crippen molar-refractivity contribution in [2.75, 3.05) is 33.0 Å². The van der Waals surface area contributed by atoms with Crippen molar-refractivity contribution in [3.8, 4) is 0 Å². The number of hydrogen-bond acceptors (Lipinski definition) is 4. The first-order valence-corrected chi connectivity index (χ1v) is 10.3. The van der Waals surface area contributed by atoms with Crippen LogP contribution in [-0.4, -0.2) is 53.5 Å². The molecule has 0 saturated carbocycles. The van der Waals surface area contributed by atoms with Crippen LogP contribution in [0, 0.1) is 5.41 Å². The summed E-state index contributed by atoms with van der Waals surface area (Å²) in [5, 5.41) is 6.19. The largest absolute Gasteiger partial charge is 0.379 e. The molecule has 0 aliphatic carbocycles.